The van der Waals surface area contributed by atoms with Crippen LogP contribution in [0.4, 0.5) is 0 Å². The first-order valence-electron chi connectivity index (χ1n) is 7.44. The second-order valence-electron chi connectivity index (χ2n) is 5.92. The molecule has 2 atom stereocenters. The summed E-state index contributed by atoms with van der Waals surface area (Å²) >= 11 is 0. The van der Waals surface area contributed by atoms with Crippen LogP contribution in [0.25, 0.3) is 0 Å². The maximum Gasteiger partial charge on any atom is 0.358 e. The molecule has 1 aliphatic carbocycles. The molecule has 2 N–H and O–H groups in total. The van der Waals surface area contributed by atoms with Gasteiger partial charge in [0.15, 0.2) is 5.69 Å². The van der Waals surface area contributed by atoms with Crippen molar-refractivity contribution in [1.82, 2.24) is 20.3 Å². The SMILES string of the molecule is CC(C)C1CCCCC1NCCn1cc(C(=O)O)nn1. The molecule has 112 valence electrons. The van der Waals surface area contributed by atoms with Gasteiger partial charge in [-0.2, -0.15) is 0 Å². The minimum atomic E-state index is -1.03. The third kappa shape index (κ3) is 3.79. The fourth-order valence-corrected chi connectivity index (χ4v) is 3.08. The van der Waals surface area contributed by atoms with Crippen LogP contribution in [0, 0.1) is 11.8 Å². The van der Waals surface area contributed by atoms with E-state index in [-0.39, 0.29) is 5.69 Å². The fourth-order valence-electron chi connectivity index (χ4n) is 3.08. The highest BCUT2D eigenvalue weighted by Crippen LogP contribution is 2.29. The average molecular weight is 280 g/mol. The Morgan fingerprint density at radius 3 is 2.90 bits per heavy atom. The third-order valence-electron chi connectivity index (χ3n) is 4.18. The van der Waals surface area contributed by atoms with E-state index in [2.05, 4.69) is 29.5 Å². The number of hydrogen-bond acceptors (Lipinski definition) is 4. The lowest BCUT2D eigenvalue weighted by Crippen LogP contribution is -2.42. The number of hydrogen-bond donors (Lipinski definition) is 2. The van der Waals surface area contributed by atoms with Gasteiger partial charge in [0.05, 0.1) is 12.7 Å². The maximum atomic E-state index is 10.7. The minimum Gasteiger partial charge on any atom is -0.476 e. The average Bonchev–Trinajstić information content (AvgIpc) is 2.88. The molecule has 0 aliphatic heterocycles. The molecule has 0 amide bonds. The number of rotatable bonds is 6. The molecule has 1 aliphatic rings. The Kier molecular flexibility index (Phi) is 5.11. The van der Waals surface area contributed by atoms with Crippen LogP contribution in [0.2, 0.25) is 0 Å². The van der Waals surface area contributed by atoms with Gasteiger partial charge in [0.25, 0.3) is 0 Å². The van der Waals surface area contributed by atoms with Gasteiger partial charge in [-0.3, -0.25) is 4.68 Å². The Labute approximate surface area is 119 Å². The monoisotopic (exact) mass is 280 g/mol. The minimum absolute atomic E-state index is 0.00252. The summed E-state index contributed by atoms with van der Waals surface area (Å²) in [5.74, 6) is 0.420. The summed E-state index contributed by atoms with van der Waals surface area (Å²) in [4.78, 5) is 10.7. The molecule has 1 aromatic heterocycles. The highest BCUT2D eigenvalue weighted by Gasteiger charge is 2.26. The van der Waals surface area contributed by atoms with Crippen LogP contribution in [0.15, 0.2) is 6.20 Å². The molecule has 6 nitrogen and oxygen atoms in total. The number of nitrogens with zero attached hydrogens (tertiary/aromatic N) is 3. The largest absolute Gasteiger partial charge is 0.476 e. The van der Waals surface area contributed by atoms with Crippen molar-refractivity contribution in [3.63, 3.8) is 0 Å². The van der Waals surface area contributed by atoms with E-state index in [1.165, 1.54) is 31.9 Å². The molecule has 0 bridgehead atoms. The topological polar surface area (TPSA) is 80.0 Å². The molecule has 2 rings (SSSR count). The van der Waals surface area contributed by atoms with Gasteiger partial charge in [0.2, 0.25) is 0 Å². The van der Waals surface area contributed by atoms with E-state index >= 15 is 0 Å². The first kappa shape index (κ1) is 15.0. The standard InChI is InChI=1S/C14H24N4O2/c1-10(2)11-5-3-4-6-12(11)15-7-8-18-9-13(14(19)20)16-17-18/h9-12,15H,3-8H2,1-2H3,(H,19,20). The molecular weight excluding hydrogens is 256 g/mol. The molecule has 2 unspecified atom stereocenters. The van der Waals surface area contributed by atoms with Gasteiger partial charge in [-0.15, -0.1) is 5.10 Å². The van der Waals surface area contributed by atoms with Crippen LogP contribution in [0.3, 0.4) is 0 Å². The van der Waals surface area contributed by atoms with Crippen LogP contribution >= 0.6 is 0 Å². The summed E-state index contributed by atoms with van der Waals surface area (Å²) in [5, 5.41) is 19.8. The molecule has 0 saturated heterocycles. The van der Waals surface area contributed by atoms with E-state index in [4.69, 9.17) is 5.11 Å². The van der Waals surface area contributed by atoms with Crippen molar-refractivity contribution >= 4 is 5.97 Å². The third-order valence-corrected chi connectivity index (χ3v) is 4.18. The van der Waals surface area contributed by atoms with Crippen LogP contribution in [-0.4, -0.2) is 38.7 Å². The quantitative estimate of drug-likeness (QED) is 0.830. The Morgan fingerprint density at radius 2 is 2.25 bits per heavy atom. The van der Waals surface area contributed by atoms with E-state index in [0.717, 1.165) is 12.5 Å². The summed E-state index contributed by atoms with van der Waals surface area (Å²) in [6.07, 6.45) is 6.66. The van der Waals surface area contributed by atoms with E-state index in [9.17, 15) is 4.79 Å². The molecule has 1 heterocycles. The Bertz CT molecular complexity index is 444. The van der Waals surface area contributed by atoms with Gasteiger partial charge in [-0.1, -0.05) is 31.9 Å². The normalized spacial score (nSPS) is 23.1. The maximum absolute atomic E-state index is 10.7. The second kappa shape index (κ2) is 6.83. The molecule has 6 heteroatoms. The van der Waals surface area contributed by atoms with Crippen molar-refractivity contribution in [1.29, 1.82) is 0 Å². The highest BCUT2D eigenvalue weighted by molar-refractivity contribution is 5.84. The van der Waals surface area contributed by atoms with Gasteiger partial charge in [-0.05, 0) is 24.7 Å². The molecule has 1 fully saturated rings. The molecule has 0 aromatic carbocycles. The zero-order valence-electron chi connectivity index (χ0n) is 12.2. The molecule has 0 spiro atoms. The zero-order valence-corrected chi connectivity index (χ0v) is 12.2. The van der Waals surface area contributed by atoms with Crippen LogP contribution in [0.5, 0.6) is 0 Å². The van der Waals surface area contributed by atoms with Crippen molar-refractivity contribution in [2.45, 2.75) is 52.1 Å². The van der Waals surface area contributed by atoms with Crippen molar-refractivity contribution in [3.8, 4) is 0 Å². The van der Waals surface area contributed by atoms with Gasteiger partial charge in [0, 0.05) is 12.6 Å². The van der Waals surface area contributed by atoms with Crippen molar-refractivity contribution < 1.29 is 9.90 Å². The van der Waals surface area contributed by atoms with E-state index < -0.39 is 5.97 Å². The van der Waals surface area contributed by atoms with Gasteiger partial charge in [-0.25, -0.2) is 4.79 Å². The Balaban J connectivity index is 1.80. The smallest absolute Gasteiger partial charge is 0.358 e. The molecular formula is C14H24N4O2. The summed E-state index contributed by atoms with van der Waals surface area (Å²) < 4.78 is 1.59. The van der Waals surface area contributed by atoms with E-state index in [0.29, 0.717) is 18.5 Å². The van der Waals surface area contributed by atoms with Crippen molar-refractivity contribution in [3.05, 3.63) is 11.9 Å². The Hall–Kier alpha value is -1.43. The predicted molar refractivity (Wildman–Crippen MR) is 75.6 cm³/mol. The number of nitrogens with one attached hydrogen (secondary N) is 1. The molecule has 0 radical (unpaired) electrons. The molecule has 20 heavy (non-hydrogen) atoms. The summed E-state index contributed by atoms with van der Waals surface area (Å²) in [6.45, 7) is 6.04. The first-order chi connectivity index (χ1) is 9.58. The second-order valence-corrected chi connectivity index (χ2v) is 5.92. The summed E-state index contributed by atoms with van der Waals surface area (Å²) in [6, 6.07) is 0.575. The first-order valence-corrected chi connectivity index (χ1v) is 7.44. The number of carbonyl (C=O) groups is 1. The lowest BCUT2D eigenvalue weighted by Gasteiger charge is -2.35. The van der Waals surface area contributed by atoms with Gasteiger partial charge >= 0.3 is 5.97 Å². The Morgan fingerprint density at radius 1 is 1.50 bits per heavy atom. The summed E-state index contributed by atoms with van der Waals surface area (Å²) in [5.41, 5.74) is 0.00252. The van der Waals surface area contributed by atoms with Crippen LogP contribution in [0.1, 0.15) is 50.0 Å². The van der Waals surface area contributed by atoms with Crippen LogP contribution < -0.4 is 5.32 Å². The van der Waals surface area contributed by atoms with Gasteiger partial charge in [0.1, 0.15) is 0 Å². The molecule has 1 aromatic rings. The van der Waals surface area contributed by atoms with E-state index in [1.54, 1.807) is 4.68 Å². The molecule has 1 saturated carbocycles. The fraction of sp³-hybridized carbons (Fsp3) is 0.786. The summed E-state index contributed by atoms with van der Waals surface area (Å²) in [7, 11) is 0. The van der Waals surface area contributed by atoms with E-state index in [1.807, 2.05) is 0 Å². The lowest BCUT2D eigenvalue weighted by atomic mass is 9.78. The lowest BCUT2D eigenvalue weighted by molar-refractivity contribution is 0.0690. The highest BCUT2D eigenvalue weighted by atomic mass is 16.4. The number of aromatic nitrogens is 3. The van der Waals surface area contributed by atoms with Gasteiger partial charge < -0.3 is 10.4 Å². The van der Waals surface area contributed by atoms with Crippen LogP contribution in [-0.2, 0) is 6.54 Å². The number of aromatic carboxylic acids is 1. The van der Waals surface area contributed by atoms with Crippen molar-refractivity contribution in [2.24, 2.45) is 11.8 Å². The van der Waals surface area contributed by atoms with Crippen molar-refractivity contribution in [2.75, 3.05) is 6.54 Å². The number of carboxylic acid groups (broad SMARTS) is 1. The predicted octanol–water partition coefficient (Wildman–Crippen LogP) is 1.78. The number of carboxylic acids is 1. The zero-order chi connectivity index (χ0) is 14.5.